The Hall–Kier alpha value is -0.610. The molecular weight excluding hydrogens is 204 g/mol. The molecule has 2 unspecified atom stereocenters. The van der Waals surface area contributed by atoms with Gasteiger partial charge in [-0.2, -0.15) is 0 Å². The molecule has 0 aliphatic carbocycles. The summed E-state index contributed by atoms with van der Waals surface area (Å²) in [6.07, 6.45) is 4.44. The molecule has 1 heterocycles. The van der Waals surface area contributed by atoms with Gasteiger partial charge in [-0.05, 0) is 51.6 Å². The van der Waals surface area contributed by atoms with Crippen LogP contribution in [-0.2, 0) is 4.79 Å². The second-order valence-corrected chi connectivity index (χ2v) is 4.73. The van der Waals surface area contributed by atoms with Crippen molar-refractivity contribution in [2.45, 2.75) is 45.1 Å². The molecule has 4 nitrogen and oxygen atoms in total. The molecule has 1 saturated heterocycles. The van der Waals surface area contributed by atoms with E-state index in [-0.39, 0.29) is 18.6 Å². The van der Waals surface area contributed by atoms with Crippen LogP contribution in [0.3, 0.4) is 0 Å². The minimum Gasteiger partial charge on any atom is -0.396 e. The number of aliphatic hydroxyl groups is 1. The van der Waals surface area contributed by atoms with Gasteiger partial charge in [0.25, 0.3) is 0 Å². The molecule has 1 aliphatic heterocycles. The van der Waals surface area contributed by atoms with Gasteiger partial charge in [0, 0.05) is 19.1 Å². The minimum absolute atomic E-state index is 0.150. The van der Waals surface area contributed by atoms with Crippen LogP contribution in [0.15, 0.2) is 0 Å². The highest BCUT2D eigenvalue weighted by atomic mass is 16.2. The molecule has 0 radical (unpaired) electrons. The van der Waals surface area contributed by atoms with Crippen LogP contribution in [0.5, 0.6) is 0 Å². The summed E-state index contributed by atoms with van der Waals surface area (Å²) in [4.78, 5) is 11.6. The topological polar surface area (TPSA) is 61.4 Å². The van der Waals surface area contributed by atoms with Crippen molar-refractivity contribution in [3.05, 3.63) is 0 Å². The number of carbonyl (C=O) groups is 1. The van der Waals surface area contributed by atoms with Gasteiger partial charge in [-0.1, -0.05) is 0 Å². The van der Waals surface area contributed by atoms with Crippen molar-refractivity contribution in [3.63, 3.8) is 0 Å². The molecule has 4 heteroatoms. The van der Waals surface area contributed by atoms with Crippen molar-refractivity contribution in [1.29, 1.82) is 0 Å². The van der Waals surface area contributed by atoms with E-state index >= 15 is 0 Å². The van der Waals surface area contributed by atoms with Gasteiger partial charge in [0.1, 0.15) is 0 Å². The maximum atomic E-state index is 11.6. The SMILES string of the molecule is CC(CCCO)NC(=O)CCC1CCNC1. The molecule has 94 valence electrons. The fourth-order valence-electron chi connectivity index (χ4n) is 2.11. The fourth-order valence-corrected chi connectivity index (χ4v) is 2.11. The summed E-state index contributed by atoms with van der Waals surface area (Å²) >= 11 is 0. The Morgan fingerprint density at radius 2 is 2.44 bits per heavy atom. The first kappa shape index (κ1) is 13.5. The maximum Gasteiger partial charge on any atom is 0.220 e. The quantitative estimate of drug-likeness (QED) is 0.599. The van der Waals surface area contributed by atoms with Gasteiger partial charge in [0.2, 0.25) is 5.91 Å². The summed E-state index contributed by atoms with van der Waals surface area (Å²) in [5.74, 6) is 0.829. The Morgan fingerprint density at radius 3 is 3.06 bits per heavy atom. The maximum absolute atomic E-state index is 11.6. The third-order valence-electron chi connectivity index (χ3n) is 3.14. The summed E-state index contributed by atoms with van der Waals surface area (Å²) in [5.41, 5.74) is 0. The largest absolute Gasteiger partial charge is 0.396 e. The van der Waals surface area contributed by atoms with Gasteiger partial charge in [0.05, 0.1) is 0 Å². The van der Waals surface area contributed by atoms with Crippen LogP contribution >= 0.6 is 0 Å². The predicted molar refractivity (Wildman–Crippen MR) is 64.1 cm³/mol. The first-order chi connectivity index (χ1) is 7.72. The molecule has 1 aliphatic rings. The van der Waals surface area contributed by atoms with Crippen molar-refractivity contribution >= 4 is 5.91 Å². The molecule has 0 saturated carbocycles. The van der Waals surface area contributed by atoms with Gasteiger partial charge in [-0.3, -0.25) is 4.79 Å². The molecule has 0 aromatic carbocycles. The van der Waals surface area contributed by atoms with Crippen molar-refractivity contribution in [3.8, 4) is 0 Å². The van der Waals surface area contributed by atoms with Crippen molar-refractivity contribution in [2.24, 2.45) is 5.92 Å². The molecule has 1 amide bonds. The number of hydrogen-bond donors (Lipinski definition) is 3. The van der Waals surface area contributed by atoms with Gasteiger partial charge in [-0.25, -0.2) is 0 Å². The van der Waals surface area contributed by atoms with Crippen LogP contribution in [0.1, 0.15) is 39.0 Å². The highest BCUT2D eigenvalue weighted by Crippen LogP contribution is 2.14. The average molecular weight is 228 g/mol. The van der Waals surface area contributed by atoms with E-state index in [9.17, 15) is 4.79 Å². The van der Waals surface area contributed by atoms with Crippen molar-refractivity contribution in [1.82, 2.24) is 10.6 Å². The predicted octanol–water partition coefficient (Wildman–Crippen LogP) is 0.653. The zero-order valence-electron chi connectivity index (χ0n) is 10.2. The number of rotatable bonds is 7. The van der Waals surface area contributed by atoms with Crippen LogP contribution in [0, 0.1) is 5.92 Å². The Bertz CT molecular complexity index is 203. The lowest BCUT2D eigenvalue weighted by molar-refractivity contribution is -0.122. The third-order valence-corrected chi connectivity index (χ3v) is 3.14. The summed E-state index contributed by atoms with van der Waals surface area (Å²) in [6.45, 7) is 4.35. The van der Waals surface area contributed by atoms with Gasteiger partial charge >= 0.3 is 0 Å². The van der Waals surface area contributed by atoms with Gasteiger partial charge in [-0.15, -0.1) is 0 Å². The summed E-state index contributed by atoms with van der Waals surface area (Å²) in [7, 11) is 0. The molecule has 3 N–H and O–H groups in total. The third kappa shape index (κ3) is 5.47. The lowest BCUT2D eigenvalue weighted by Crippen LogP contribution is -2.32. The summed E-state index contributed by atoms with van der Waals surface area (Å²) < 4.78 is 0. The first-order valence-corrected chi connectivity index (χ1v) is 6.33. The molecule has 16 heavy (non-hydrogen) atoms. The first-order valence-electron chi connectivity index (χ1n) is 6.33. The van der Waals surface area contributed by atoms with Crippen LogP contribution < -0.4 is 10.6 Å². The summed E-state index contributed by atoms with van der Waals surface area (Å²) in [5, 5.41) is 14.9. The zero-order valence-corrected chi connectivity index (χ0v) is 10.2. The molecule has 0 aromatic heterocycles. The van der Waals surface area contributed by atoms with E-state index in [2.05, 4.69) is 10.6 Å². The average Bonchev–Trinajstić information content (AvgIpc) is 2.76. The fraction of sp³-hybridized carbons (Fsp3) is 0.917. The Balaban J connectivity index is 2.05. The van der Waals surface area contributed by atoms with E-state index in [1.807, 2.05) is 6.92 Å². The Kier molecular flexibility index (Phi) is 6.42. The standard InChI is InChI=1S/C12H24N2O2/c1-10(3-2-8-15)14-12(16)5-4-11-6-7-13-9-11/h10-11,13,15H,2-9H2,1H3,(H,14,16). The van der Waals surface area contributed by atoms with Gasteiger partial charge in [0.15, 0.2) is 0 Å². The lowest BCUT2D eigenvalue weighted by Gasteiger charge is -2.14. The van der Waals surface area contributed by atoms with Crippen LogP contribution in [-0.4, -0.2) is 36.8 Å². The van der Waals surface area contributed by atoms with E-state index in [0.717, 1.165) is 32.4 Å². The van der Waals surface area contributed by atoms with Crippen molar-refractivity contribution < 1.29 is 9.90 Å². The van der Waals surface area contributed by atoms with E-state index in [1.165, 1.54) is 6.42 Å². The summed E-state index contributed by atoms with van der Waals surface area (Å²) in [6, 6.07) is 0.182. The molecule has 1 fully saturated rings. The number of nitrogens with one attached hydrogen (secondary N) is 2. The number of amides is 1. The second-order valence-electron chi connectivity index (χ2n) is 4.73. The van der Waals surface area contributed by atoms with Crippen LogP contribution in [0.4, 0.5) is 0 Å². The normalized spacial score (nSPS) is 22.0. The molecule has 0 aromatic rings. The lowest BCUT2D eigenvalue weighted by atomic mass is 10.0. The smallest absolute Gasteiger partial charge is 0.220 e. The monoisotopic (exact) mass is 228 g/mol. The molecule has 1 rings (SSSR count). The van der Waals surface area contributed by atoms with E-state index < -0.39 is 0 Å². The highest BCUT2D eigenvalue weighted by Gasteiger charge is 2.16. The highest BCUT2D eigenvalue weighted by molar-refractivity contribution is 5.76. The van der Waals surface area contributed by atoms with Crippen LogP contribution in [0.2, 0.25) is 0 Å². The van der Waals surface area contributed by atoms with Crippen molar-refractivity contribution in [2.75, 3.05) is 19.7 Å². The number of hydrogen-bond acceptors (Lipinski definition) is 3. The van der Waals surface area contributed by atoms with E-state index in [0.29, 0.717) is 12.3 Å². The second kappa shape index (κ2) is 7.63. The van der Waals surface area contributed by atoms with E-state index in [1.54, 1.807) is 0 Å². The molecular formula is C12H24N2O2. The molecule has 0 spiro atoms. The Labute approximate surface area is 97.8 Å². The number of carbonyl (C=O) groups excluding carboxylic acids is 1. The minimum atomic E-state index is 0.150. The number of aliphatic hydroxyl groups excluding tert-OH is 1. The molecule has 0 bridgehead atoms. The zero-order chi connectivity index (χ0) is 11.8. The van der Waals surface area contributed by atoms with Crippen LogP contribution in [0.25, 0.3) is 0 Å². The van der Waals surface area contributed by atoms with E-state index in [4.69, 9.17) is 5.11 Å². The Morgan fingerprint density at radius 1 is 1.62 bits per heavy atom. The molecule has 2 atom stereocenters. The van der Waals surface area contributed by atoms with Gasteiger partial charge < -0.3 is 15.7 Å².